The van der Waals surface area contributed by atoms with Gasteiger partial charge in [-0.1, -0.05) is 0 Å². The quantitative estimate of drug-likeness (QED) is 0.500. The van der Waals surface area contributed by atoms with Crippen LogP contribution in [-0.2, 0) is 4.79 Å². The summed E-state index contributed by atoms with van der Waals surface area (Å²) in [4.78, 5) is 12.7. The van der Waals surface area contributed by atoms with Crippen LogP contribution in [0.1, 0.15) is 26.7 Å². The van der Waals surface area contributed by atoms with Gasteiger partial charge >= 0.3 is 0 Å². The molecular weight excluding hydrogens is 176 g/mol. The predicted molar refractivity (Wildman–Crippen MR) is 54.3 cm³/mol. The van der Waals surface area contributed by atoms with Crippen LogP contribution in [0.5, 0.6) is 0 Å². The Bertz CT molecular complexity index is 280. The van der Waals surface area contributed by atoms with E-state index in [1.165, 1.54) is 12.8 Å². The van der Waals surface area contributed by atoms with Gasteiger partial charge in [-0.2, -0.15) is 5.26 Å². The molecule has 0 aromatic carbocycles. The van der Waals surface area contributed by atoms with Gasteiger partial charge in [-0.15, -0.1) is 0 Å². The average Bonchev–Trinajstić information content (AvgIpc) is 2.67. The number of allylic oxidation sites excluding steroid dienone is 1. The summed E-state index contributed by atoms with van der Waals surface area (Å²) in [5.41, 5.74) is -0.110. The van der Waals surface area contributed by atoms with Crippen LogP contribution < -0.4 is 0 Å². The van der Waals surface area contributed by atoms with E-state index in [0.717, 1.165) is 13.1 Å². The van der Waals surface area contributed by atoms with Crippen molar-refractivity contribution >= 4 is 6.29 Å². The van der Waals surface area contributed by atoms with Crippen LogP contribution >= 0.6 is 0 Å². The molecule has 1 aliphatic heterocycles. The Balaban J connectivity index is 2.78. The van der Waals surface area contributed by atoms with Crippen LogP contribution in [-0.4, -0.2) is 29.8 Å². The molecule has 0 spiro atoms. The third-order valence-corrected chi connectivity index (χ3v) is 2.65. The maximum absolute atomic E-state index is 10.4. The Hall–Kier alpha value is -1.14. The summed E-state index contributed by atoms with van der Waals surface area (Å²) in [6.07, 6.45) is 5.75. The van der Waals surface area contributed by atoms with E-state index in [-0.39, 0.29) is 11.1 Å². The molecule has 14 heavy (non-hydrogen) atoms. The van der Waals surface area contributed by atoms with Crippen LogP contribution in [0.2, 0.25) is 0 Å². The molecule has 0 aromatic heterocycles. The second-order valence-corrected chi connectivity index (χ2v) is 4.12. The summed E-state index contributed by atoms with van der Waals surface area (Å²) in [6, 6.07) is 1.84. The first-order valence-corrected chi connectivity index (χ1v) is 4.86. The van der Waals surface area contributed by atoms with Crippen LogP contribution in [0.3, 0.4) is 0 Å². The topological polar surface area (TPSA) is 44.1 Å². The van der Waals surface area contributed by atoms with Crippen molar-refractivity contribution in [3.05, 3.63) is 11.6 Å². The molecule has 1 rings (SSSR count). The Morgan fingerprint density at radius 1 is 1.43 bits per heavy atom. The van der Waals surface area contributed by atoms with Crippen molar-refractivity contribution in [2.45, 2.75) is 32.2 Å². The van der Waals surface area contributed by atoms with Gasteiger partial charge in [0.05, 0.1) is 0 Å². The number of carbonyl (C=O) groups excluding carboxylic acids is 1. The summed E-state index contributed by atoms with van der Waals surface area (Å²) in [6.45, 7) is 6.13. The zero-order valence-corrected chi connectivity index (χ0v) is 8.71. The molecule has 0 amide bonds. The maximum Gasteiger partial charge on any atom is 0.244 e. The molecule has 1 heterocycles. The number of hydrogen-bond donors (Lipinski definition) is 0. The van der Waals surface area contributed by atoms with Gasteiger partial charge in [-0.25, -0.2) is 0 Å². The molecular formula is C11H15N2O. The number of hydrogen-bond acceptors (Lipinski definition) is 3. The largest absolute Gasteiger partial charge is 0.295 e. The predicted octanol–water partition coefficient (Wildman–Crippen LogP) is 1.42. The number of likely N-dealkylation sites (tertiary alicyclic amines) is 1. The third kappa shape index (κ3) is 2.43. The Morgan fingerprint density at radius 3 is 2.43 bits per heavy atom. The lowest BCUT2D eigenvalue weighted by atomic mass is 10.00. The van der Waals surface area contributed by atoms with E-state index >= 15 is 0 Å². The van der Waals surface area contributed by atoms with Gasteiger partial charge in [0.15, 0.2) is 0 Å². The highest BCUT2D eigenvalue weighted by atomic mass is 16.1. The van der Waals surface area contributed by atoms with Crippen molar-refractivity contribution in [3.8, 4) is 6.07 Å². The summed E-state index contributed by atoms with van der Waals surface area (Å²) in [5.74, 6) is 0. The minimum Gasteiger partial charge on any atom is -0.295 e. The van der Waals surface area contributed by atoms with Gasteiger partial charge in [0.1, 0.15) is 11.6 Å². The maximum atomic E-state index is 10.4. The van der Waals surface area contributed by atoms with Crippen LogP contribution in [0, 0.1) is 11.3 Å². The first-order chi connectivity index (χ1) is 6.60. The number of rotatable bonds is 3. The van der Waals surface area contributed by atoms with E-state index < -0.39 is 0 Å². The number of nitriles is 1. The zero-order chi connectivity index (χ0) is 10.6. The number of nitrogens with zero attached hydrogens (tertiary/aromatic N) is 2. The monoisotopic (exact) mass is 191 g/mol. The van der Waals surface area contributed by atoms with Crippen molar-refractivity contribution in [2.24, 2.45) is 0 Å². The molecule has 3 heteroatoms. The molecule has 0 N–H and O–H groups in total. The highest BCUT2D eigenvalue weighted by molar-refractivity contribution is 5.79. The third-order valence-electron chi connectivity index (χ3n) is 2.65. The molecule has 0 aromatic rings. The Kier molecular flexibility index (Phi) is 3.43. The van der Waals surface area contributed by atoms with E-state index in [0.29, 0.717) is 0 Å². The molecule has 0 bridgehead atoms. The zero-order valence-electron chi connectivity index (χ0n) is 8.71. The van der Waals surface area contributed by atoms with Gasteiger partial charge in [-0.3, -0.25) is 9.69 Å². The Morgan fingerprint density at radius 2 is 2.00 bits per heavy atom. The molecule has 1 aliphatic rings. The summed E-state index contributed by atoms with van der Waals surface area (Å²) in [7, 11) is 0. The smallest absolute Gasteiger partial charge is 0.244 e. The standard InChI is InChI=1S/C11H15N2O/c1-11(2,7-10(8-12)9-14)13-5-3-4-6-13/h7H,3-6H2,1-2H3. The lowest BCUT2D eigenvalue weighted by Gasteiger charge is -2.32. The second kappa shape index (κ2) is 4.39. The van der Waals surface area contributed by atoms with Gasteiger partial charge in [0.25, 0.3) is 0 Å². The average molecular weight is 191 g/mol. The van der Waals surface area contributed by atoms with Crippen molar-refractivity contribution in [1.29, 1.82) is 5.26 Å². The van der Waals surface area contributed by atoms with Crippen LogP contribution in [0.25, 0.3) is 0 Å². The summed E-state index contributed by atoms with van der Waals surface area (Å²) >= 11 is 0. The fraction of sp³-hybridized carbons (Fsp3) is 0.636. The van der Waals surface area contributed by atoms with Crippen molar-refractivity contribution in [2.75, 3.05) is 13.1 Å². The molecule has 3 nitrogen and oxygen atoms in total. The summed E-state index contributed by atoms with van der Waals surface area (Å²) < 4.78 is 0. The minimum absolute atomic E-state index is 0.0990. The van der Waals surface area contributed by atoms with Crippen molar-refractivity contribution < 1.29 is 4.79 Å². The normalized spacial score (nSPS) is 19.4. The van der Waals surface area contributed by atoms with E-state index in [9.17, 15) is 4.79 Å². The van der Waals surface area contributed by atoms with Gasteiger partial charge in [0, 0.05) is 5.54 Å². The SMILES string of the molecule is CC(C)(C=C([C]=O)C#N)N1CCCC1. The van der Waals surface area contributed by atoms with Gasteiger partial charge in [-0.05, 0) is 45.9 Å². The van der Waals surface area contributed by atoms with Crippen molar-refractivity contribution in [3.63, 3.8) is 0 Å². The molecule has 1 saturated heterocycles. The van der Waals surface area contributed by atoms with E-state index in [1.807, 2.05) is 19.9 Å². The highest BCUT2D eigenvalue weighted by Gasteiger charge is 2.27. The Labute approximate surface area is 85.0 Å². The second-order valence-electron chi connectivity index (χ2n) is 4.12. The fourth-order valence-electron chi connectivity index (χ4n) is 1.82. The van der Waals surface area contributed by atoms with Crippen LogP contribution in [0.15, 0.2) is 11.6 Å². The molecule has 0 saturated carbocycles. The van der Waals surface area contributed by atoms with Gasteiger partial charge in [0.2, 0.25) is 6.29 Å². The molecule has 75 valence electrons. The molecule has 0 unspecified atom stereocenters. The minimum atomic E-state index is -0.209. The molecule has 1 fully saturated rings. The van der Waals surface area contributed by atoms with E-state index in [4.69, 9.17) is 5.26 Å². The first kappa shape index (κ1) is 10.9. The fourth-order valence-corrected chi connectivity index (χ4v) is 1.82. The van der Waals surface area contributed by atoms with Crippen molar-refractivity contribution in [1.82, 2.24) is 4.90 Å². The highest BCUT2D eigenvalue weighted by Crippen LogP contribution is 2.22. The van der Waals surface area contributed by atoms with E-state index in [1.54, 1.807) is 12.4 Å². The van der Waals surface area contributed by atoms with Crippen LogP contribution in [0.4, 0.5) is 0 Å². The summed E-state index contributed by atoms with van der Waals surface area (Å²) in [5, 5.41) is 8.63. The van der Waals surface area contributed by atoms with E-state index in [2.05, 4.69) is 4.90 Å². The molecule has 1 radical (unpaired) electrons. The van der Waals surface area contributed by atoms with Gasteiger partial charge < -0.3 is 0 Å². The lowest BCUT2D eigenvalue weighted by Crippen LogP contribution is -2.40. The first-order valence-electron chi connectivity index (χ1n) is 4.86. The molecule has 0 aliphatic carbocycles. The molecule has 0 atom stereocenters. The lowest BCUT2D eigenvalue weighted by molar-refractivity contribution is 0.204.